The van der Waals surface area contributed by atoms with Crippen LogP contribution in [0.25, 0.3) is 22.3 Å². The lowest BCUT2D eigenvalue weighted by atomic mass is 9.57. The molecule has 1 nitrogen and oxygen atoms in total. The van der Waals surface area contributed by atoms with Crippen LogP contribution in [-0.4, -0.2) is 13.2 Å². The van der Waals surface area contributed by atoms with Gasteiger partial charge in [-0.05, 0) is 70.2 Å². The van der Waals surface area contributed by atoms with Crippen LogP contribution in [0.3, 0.4) is 0 Å². The first-order valence-electron chi connectivity index (χ1n) is 14.6. The summed E-state index contributed by atoms with van der Waals surface area (Å²) in [7, 11) is 0. The summed E-state index contributed by atoms with van der Waals surface area (Å²) in [4.78, 5) is 0. The van der Waals surface area contributed by atoms with Gasteiger partial charge in [-0.2, -0.15) is 0 Å². The summed E-state index contributed by atoms with van der Waals surface area (Å²) in [6.07, 6.45) is 7.00. The minimum absolute atomic E-state index is 0.0385. The SMILES string of the molecule is CCCC1(CC2(CC3(CCC)c4ccccc4-c4ccccc43)COC2)c2ccccc2-c2ccccc21. The Bertz CT molecular complexity index is 1290. The zero-order valence-electron chi connectivity index (χ0n) is 22.8. The Kier molecular flexibility index (Phi) is 5.64. The number of hydrogen-bond donors (Lipinski definition) is 0. The zero-order valence-corrected chi connectivity index (χ0v) is 22.8. The minimum Gasteiger partial charge on any atom is -0.380 e. The maximum Gasteiger partial charge on any atom is 0.0545 e. The van der Waals surface area contributed by atoms with Crippen molar-refractivity contribution in [1.82, 2.24) is 0 Å². The molecule has 1 saturated heterocycles. The third-order valence-electron chi connectivity index (χ3n) is 9.87. The third kappa shape index (κ3) is 3.27. The minimum atomic E-state index is 0.0385. The number of rotatable bonds is 8. The van der Waals surface area contributed by atoms with E-state index in [0.717, 1.165) is 26.1 Å². The molecule has 3 aliphatic rings. The molecule has 0 atom stereocenters. The topological polar surface area (TPSA) is 9.23 Å². The molecule has 1 heteroatoms. The van der Waals surface area contributed by atoms with Gasteiger partial charge in [-0.3, -0.25) is 0 Å². The highest BCUT2D eigenvalue weighted by atomic mass is 16.5. The molecule has 0 N–H and O–H groups in total. The first-order valence-corrected chi connectivity index (χ1v) is 14.6. The molecule has 0 spiro atoms. The van der Waals surface area contributed by atoms with E-state index in [1.54, 1.807) is 0 Å². The normalized spacial score (nSPS) is 18.7. The summed E-state index contributed by atoms with van der Waals surface area (Å²) in [6.45, 7) is 6.44. The Balaban J connectivity index is 1.38. The molecule has 0 saturated carbocycles. The van der Waals surface area contributed by atoms with E-state index in [1.807, 2.05) is 0 Å². The molecule has 0 radical (unpaired) electrons. The van der Waals surface area contributed by atoms with E-state index in [2.05, 4.69) is 111 Å². The molecule has 0 unspecified atom stereocenters. The van der Waals surface area contributed by atoms with Crippen LogP contribution >= 0.6 is 0 Å². The predicted octanol–water partition coefficient (Wildman–Crippen LogP) is 9.32. The molecule has 1 aliphatic heterocycles. The second-order valence-electron chi connectivity index (χ2n) is 12.2. The van der Waals surface area contributed by atoms with Crippen LogP contribution in [0.15, 0.2) is 97.1 Å². The van der Waals surface area contributed by atoms with Crippen LogP contribution in [-0.2, 0) is 15.6 Å². The Morgan fingerprint density at radius 1 is 0.500 bits per heavy atom. The monoisotopic (exact) mass is 498 g/mol. The molecule has 38 heavy (non-hydrogen) atoms. The van der Waals surface area contributed by atoms with Gasteiger partial charge >= 0.3 is 0 Å². The maximum atomic E-state index is 6.16. The fourth-order valence-corrected chi connectivity index (χ4v) is 8.72. The highest BCUT2D eigenvalue weighted by molar-refractivity contribution is 5.82. The molecule has 4 aromatic rings. The number of ether oxygens (including phenoxy) is 1. The van der Waals surface area contributed by atoms with Crippen molar-refractivity contribution in [2.75, 3.05) is 13.2 Å². The van der Waals surface area contributed by atoms with Crippen LogP contribution in [0.1, 0.15) is 74.6 Å². The van der Waals surface area contributed by atoms with Gasteiger partial charge in [0.2, 0.25) is 0 Å². The number of fused-ring (bicyclic) bond motifs is 6. The van der Waals surface area contributed by atoms with E-state index in [-0.39, 0.29) is 16.2 Å². The average molecular weight is 499 g/mol. The Morgan fingerprint density at radius 3 is 1.08 bits per heavy atom. The Labute approximate surface area is 227 Å². The van der Waals surface area contributed by atoms with Gasteiger partial charge in [0.15, 0.2) is 0 Å². The smallest absolute Gasteiger partial charge is 0.0545 e. The Hall–Kier alpha value is -3.16. The summed E-state index contributed by atoms with van der Waals surface area (Å²) < 4.78 is 6.16. The van der Waals surface area contributed by atoms with Crippen LogP contribution in [0.5, 0.6) is 0 Å². The quantitative estimate of drug-likeness (QED) is 0.235. The summed E-state index contributed by atoms with van der Waals surface area (Å²) in [5.41, 5.74) is 12.1. The molecule has 192 valence electrons. The van der Waals surface area contributed by atoms with Crippen LogP contribution < -0.4 is 0 Å². The van der Waals surface area contributed by atoms with E-state index in [1.165, 1.54) is 70.2 Å². The van der Waals surface area contributed by atoms with Crippen molar-refractivity contribution in [3.63, 3.8) is 0 Å². The van der Waals surface area contributed by atoms with Gasteiger partial charge in [0.1, 0.15) is 0 Å². The average Bonchev–Trinajstić information content (AvgIpc) is 3.36. The standard InChI is InChI=1S/C37H38O/c1-3-21-36(31-17-9-5-13-27(31)28-14-6-10-18-32(28)36)23-35(25-38-26-35)24-37(22-4-2)33-19-11-7-15-29(33)30-16-8-12-20-34(30)37/h5-20H,3-4,21-26H2,1-2H3. The van der Waals surface area contributed by atoms with E-state index < -0.39 is 0 Å². The lowest BCUT2D eigenvalue weighted by Crippen LogP contribution is -2.51. The molecular formula is C37H38O. The van der Waals surface area contributed by atoms with Gasteiger partial charge in [-0.25, -0.2) is 0 Å². The lowest BCUT2D eigenvalue weighted by molar-refractivity contribution is -0.138. The highest BCUT2D eigenvalue weighted by Crippen LogP contribution is 2.62. The molecule has 0 amide bonds. The van der Waals surface area contributed by atoms with Crippen molar-refractivity contribution in [1.29, 1.82) is 0 Å². The van der Waals surface area contributed by atoms with Crippen molar-refractivity contribution < 1.29 is 4.74 Å². The molecule has 1 heterocycles. The van der Waals surface area contributed by atoms with E-state index in [9.17, 15) is 0 Å². The molecule has 4 aromatic carbocycles. The van der Waals surface area contributed by atoms with Crippen molar-refractivity contribution in [2.24, 2.45) is 5.41 Å². The molecule has 2 aliphatic carbocycles. The first kappa shape index (κ1) is 23.9. The number of hydrogen-bond acceptors (Lipinski definition) is 1. The van der Waals surface area contributed by atoms with Gasteiger partial charge in [0.25, 0.3) is 0 Å². The molecule has 0 aromatic heterocycles. The van der Waals surface area contributed by atoms with Crippen molar-refractivity contribution in [3.8, 4) is 22.3 Å². The van der Waals surface area contributed by atoms with E-state index in [0.29, 0.717) is 0 Å². The lowest BCUT2D eigenvalue weighted by Gasteiger charge is -2.52. The Morgan fingerprint density at radius 2 is 0.816 bits per heavy atom. The van der Waals surface area contributed by atoms with Gasteiger partial charge in [-0.15, -0.1) is 0 Å². The van der Waals surface area contributed by atoms with Crippen molar-refractivity contribution >= 4 is 0 Å². The largest absolute Gasteiger partial charge is 0.380 e. The van der Waals surface area contributed by atoms with Gasteiger partial charge in [0.05, 0.1) is 13.2 Å². The fraction of sp³-hybridized carbons (Fsp3) is 0.351. The first-order chi connectivity index (χ1) is 18.7. The zero-order chi connectivity index (χ0) is 25.8. The van der Waals surface area contributed by atoms with Gasteiger partial charge in [-0.1, -0.05) is 124 Å². The number of benzene rings is 4. The summed E-state index contributed by atoms with van der Waals surface area (Å²) in [6, 6.07) is 36.9. The third-order valence-corrected chi connectivity index (χ3v) is 9.87. The van der Waals surface area contributed by atoms with Crippen LogP contribution in [0.4, 0.5) is 0 Å². The molecule has 0 bridgehead atoms. The van der Waals surface area contributed by atoms with Crippen molar-refractivity contribution in [2.45, 2.75) is 63.2 Å². The van der Waals surface area contributed by atoms with E-state index in [4.69, 9.17) is 4.74 Å². The fourth-order valence-electron chi connectivity index (χ4n) is 8.72. The second kappa shape index (κ2) is 8.95. The van der Waals surface area contributed by atoms with Gasteiger partial charge < -0.3 is 4.74 Å². The van der Waals surface area contributed by atoms with Crippen molar-refractivity contribution in [3.05, 3.63) is 119 Å². The maximum absolute atomic E-state index is 6.16. The van der Waals surface area contributed by atoms with Crippen LogP contribution in [0.2, 0.25) is 0 Å². The van der Waals surface area contributed by atoms with Crippen LogP contribution in [0, 0.1) is 5.41 Å². The molecule has 1 fully saturated rings. The second-order valence-corrected chi connectivity index (χ2v) is 12.2. The predicted molar refractivity (Wildman–Crippen MR) is 158 cm³/mol. The molecular weight excluding hydrogens is 460 g/mol. The summed E-state index contributed by atoms with van der Waals surface area (Å²) in [5, 5.41) is 0. The molecule has 7 rings (SSSR count). The van der Waals surface area contributed by atoms with E-state index >= 15 is 0 Å². The summed E-state index contributed by atoms with van der Waals surface area (Å²) >= 11 is 0. The summed E-state index contributed by atoms with van der Waals surface area (Å²) in [5.74, 6) is 0. The highest BCUT2D eigenvalue weighted by Gasteiger charge is 2.55. The van der Waals surface area contributed by atoms with Gasteiger partial charge in [0, 0.05) is 16.2 Å².